The van der Waals surface area contributed by atoms with E-state index in [1.807, 2.05) is 0 Å². The van der Waals surface area contributed by atoms with Crippen molar-refractivity contribution in [2.75, 3.05) is 4.72 Å². The highest BCUT2D eigenvalue weighted by atomic mass is 32.2. The van der Waals surface area contributed by atoms with Gasteiger partial charge in [-0.15, -0.1) is 0 Å². The lowest BCUT2D eigenvalue weighted by Gasteiger charge is -2.08. The third-order valence-corrected chi connectivity index (χ3v) is 5.34. The van der Waals surface area contributed by atoms with Gasteiger partial charge in [-0.25, -0.2) is 13.8 Å². The molecule has 0 spiro atoms. The highest BCUT2D eigenvalue weighted by molar-refractivity contribution is 7.92. The van der Waals surface area contributed by atoms with Crippen LogP contribution in [0.5, 0.6) is 0 Å². The van der Waals surface area contributed by atoms with Gasteiger partial charge in [0.2, 0.25) is 9.99 Å². The fourth-order valence-corrected chi connectivity index (χ4v) is 4.34. The molecule has 0 radical (unpaired) electrons. The van der Waals surface area contributed by atoms with Crippen LogP contribution in [0.3, 0.4) is 0 Å². The maximum Gasteiger partial charge on any atom is 0.281 e. The van der Waals surface area contributed by atoms with E-state index in [2.05, 4.69) is 14.8 Å². The van der Waals surface area contributed by atoms with Crippen molar-refractivity contribution in [2.45, 2.75) is 25.3 Å². The van der Waals surface area contributed by atoms with E-state index >= 15 is 0 Å². The first-order valence-corrected chi connectivity index (χ1v) is 8.94. The summed E-state index contributed by atoms with van der Waals surface area (Å²) >= 11 is 1.27. The molecule has 0 unspecified atom stereocenters. The van der Waals surface area contributed by atoms with Crippen LogP contribution in [-0.2, 0) is 16.4 Å². The summed E-state index contributed by atoms with van der Waals surface area (Å²) in [5.74, 6) is -2.19. The van der Waals surface area contributed by atoms with E-state index in [0.717, 1.165) is 18.2 Å². The van der Waals surface area contributed by atoms with Crippen molar-refractivity contribution in [3.05, 3.63) is 40.5 Å². The van der Waals surface area contributed by atoms with E-state index in [4.69, 9.17) is 0 Å². The number of benzene rings is 1. The third kappa shape index (κ3) is 2.79. The van der Waals surface area contributed by atoms with Crippen LogP contribution in [0.15, 0.2) is 23.2 Å². The second-order valence-corrected chi connectivity index (χ2v) is 7.52. The van der Waals surface area contributed by atoms with E-state index in [1.165, 1.54) is 15.9 Å². The normalized spacial score (nSPS) is 12.0. The zero-order valence-electron chi connectivity index (χ0n) is 12.2. The number of nitrogens with zero attached hydrogens (tertiary/aromatic N) is 3. The van der Waals surface area contributed by atoms with Crippen LogP contribution in [-0.4, -0.2) is 23.0 Å². The summed E-state index contributed by atoms with van der Waals surface area (Å²) in [5, 5.41) is 4.71. The summed E-state index contributed by atoms with van der Waals surface area (Å²) in [5.41, 5.74) is 0.284. The molecule has 6 nitrogen and oxygen atoms in total. The maximum absolute atomic E-state index is 13.3. The van der Waals surface area contributed by atoms with E-state index in [-0.39, 0.29) is 10.7 Å². The molecule has 2 heterocycles. The molecule has 122 valence electrons. The molecule has 0 bridgehead atoms. The molecule has 0 saturated heterocycles. The van der Waals surface area contributed by atoms with Crippen LogP contribution >= 0.6 is 11.3 Å². The van der Waals surface area contributed by atoms with Crippen LogP contribution in [0, 0.1) is 18.6 Å². The fraction of sp³-hybridized carbons (Fsp3) is 0.231. The molecule has 3 rings (SSSR count). The second kappa shape index (κ2) is 5.53. The van der Waals surface area contributed by atoms with Gasteiger partial charge in [-0.2, -0.15) is 18.0 Å². The van der Waals surface area contributed by atoms with Crippen LogP contribution in [0.25, 0.3) is 4.96 Å². The number of rotatable bonds is 4. The minimum atomic E-state index is -4.05. The lowest BCUT2D eigenvalue weighted by molar-refractivity contribution is 0.509. The predicted molar refractivity (Wildman–Crippen MR) is 82.1 cm³/mol. The predicted octanol–water partition coefficient (Wildman–Crippen LogP) is 2.74. The lowest BCUT2D eigenvalue weighted by atomic mass is 10.3. The average Bonchev–Trinajstić information content (AvgIpc) is 2.97. The molecule has 23 heavy (non-hydrogen) atoms. The number of imidazole rings is 1. The van der Waals surface area contributed by atoms with Crippen molar-refractivity contribution in [1.82, 2.24) is 14.6 Å². The minimum Gasteiger partial charge on any atom is -0.278 e. The topological polar surface area (TPSA) is 76.4 Å². The number of halogens is 2. The molecule has 0 fully saturated rings. The molecule has 1 aromatic carbocycles. The van der Waals surface area contributed by atoms with Crippen molar-refractivity contribution >= 4 is 32.0 Å². The molecule has 0 aliphatic heterocycles. The Labute approximate surface area is 134 Å². The zero-order valence-corrected chi connectivity index (χ0v) is 13.8. The molecule has 0 saturated carbocycles. The Morgan fingerprint density at radius 2 is 2.04 bits per heavy atom. The number of hydrogen-bond donors (Lipinski definition) is 1. The Bertz CT molecular complexity index is 995. The first-order chi connectivity index (χ1) is 10.8. The van der Waals surface area contributed by atoms with Gasteiger partial charge in [0.15, 0.2) is 11.6 Å². The van der Waals surface area contributed by atoms with Gasteiger partial charge >= 0.3 is 0 Å². The average molecular weight is 358 g/mol. The van der Waals surface area contributed by atoms with Gasteiger partial charge in [0.05, 0.1) is 11.4 Å². The first-order valence-electron chi connectivity index (χ1n) is 6.64. The lowest BCUT2D eigenvalue weighted by Crippen LogP contribution is -2.17. The number of aryl methyl sites for hydroxylation is 2. The highest BCUT2D eigenvalue weighted by Crippen LogP contribution is 2.25. The van der Waals surface area contributed by atoms with Crippen molar-refractivity contribution in [2.24, 2.45) is 0 Å². The Morgan fingerprint density at radius 3 is 2.70 bits per heavy atom. The van der Waals surface area contributed by atoms with Crippen LogP contribution in [0.1, 0.15) is 17.6 Å². The molecule has 2 aromatic heterocycles. The van der Waals surface area contributed by atoms with Gasteiger partial charge in [-0.3, -0.25) is 4.72 Å². The molecular formula is C13H12F2N4O2S2. The fourth-order valence-electron chi connectivity index (χ4n) is 2.13. The molecule has 0 amide bonds. The SMILES string of the molecule is CCc1nc2sc(C)nn2c1S(=O)(=O)Nc1ccc(F)c(F)c1. The standard InChI is InChI=1S/C13H12F2N4O2S2/c1-3-11-12(19-13(16-11)22-7(2)17-19)23(20,21)18-8-4-5-9(14)10(15)6-8/h4-6,18H,3H2,1-2H3. The second-order valence-electron chi connectivity index (χ2n) is 4.77. The summed E-state index contributed by atoms with van der Waals surface area (Å²) in [4.78, 5) is 4.72. The molecule has 0 atom stereocenters. The maximum atomic E-state index is 13.3. The highest BCUT2D eigenvalue weighted by Gasteiger charge is 2.27. The number of aromatic nitrogens is 3. The van der Waals surface area contributed by atoms with Crippen molar-refractivity contribution in [3.8, 4) is 0 Å². The summed E-state index contributed by atoms with van der Waals surface area (Å²) in [7, 11) is -4.05. The van der Waals surface area contributed by atoms with E-state index in [1.54, 1.807) is 13.8 Å². The van der Waals surface area contributed by atoms with Crippen molar-refractivity contribution in [1.29, 1.82) is 0 Å². The Kier molecular flexibility index (Phi) is 3.80. The number of anilines is 1. The van der Waals surface area contributed by atoms with Gasteiger partial charge in [0.1, 0.15) is 5.01 Å². The molecule has 0 aliphatic rings. The van der Waals surface area contributed by atoms with Gasteiger partial charge in [-0.1, -0.05) is 18.3 Å². The monoisotopic (exact) mass is 358 g/mol. The van der Waals surface area contributed by atoms with Gasteiger partial charge in [-0.05, 0) is 25.5 Å². The van der Waals surface area contributed by atoms with Gasteiger partial charge in [0, 0.05) is 6.07 Å². The summed E-state index contributed by atoms with van der Waals surface area (Å²) in [6, 6.07) is 2.78. The smallest absolute Gasteiger partial charge is 0.278 e. The third-order valence-electron chi connectivity index (χ3n) is 3.09. The van der Waals surface area contributed by atoms with E-state index in [0.29, 0.717) is 22.1 Å². The Balaban J connectivity index is 2.10. The molecule has 1 N–H and O–H groups in total. The van der Waals surface area contributed by atoms with Gasteiger partial charge < -0.3 is 0 Å². The van der Waals surface area contributed by atoms with Gasteiger partial charge in [0.25, 0.3) is 10.0 Å². The molecule has 0 aliphatic carbocycles. The molecule has 10 heteroatoms. The first kappa shape index (κ1) is 15.8. The summed E-state index contributed by atoms with van der Waals surface area (Å²) < 4.78 is 55.0. The Morgan fingerprint density at radius 1 is 1.30 bits per heavy atom. The molecular weight excluding hydrogens is 346 g/mol. The number of nitrogens with one attached hydrogen (secondary N) is 1. The van der Waals surface area contributed by atoms with Crippen molar-refractivity contribution < 1.29 is 17.2 Å². The van der Waals surface area contributed by atoms with Crippen LogP contribution in [0.2, 0.25) is 0 Å². The largest absolute Gasteiger partial charge is 0.281 e. The van der Waals surface area contributed by atoms with E-state index in [9.17, 15) is 17.2 Å². The van der Waals surface area contributed by atoms with Crippen LogP contribution < -0.4 is 4.72 Å². The summed E-state index contributed by atoms with van der Waals surface area (Å²) in [6.07, 6.45) is 0.392. The molecule has 3 aromatic rings. The number of hydrogen-bond acceptors (Lipinski definition) is 5. The van der Waals surface area contributed by atoms with Crippen molar-refractivity contribution in [3.63, 3.8) is 0 Å². The quantitative estimate of drug-likeness (QED) is 0.778. The Hall–Kier alpha value is -2.07. The zero-order chi connectivity index (χ0) is 16.8. The van der Waals surface area contributed by atoms with E-state index < -0.39 is 21.7 Å². The van der Waals surface area contributed by atoms with Crippen LogP contribution in [0.4, 0.5) is 14.5 Å². The minimum absolute atomic E-state index is 0.0761. The number of sulfonamides is 1. The number of fused-ring (bicyclic) bond motifs is 1. The summed E-state index contributed by atoms with van der Waals surface area (Å²) in [6.45, 7) is 3.51.